The molecule has 98 valence electrons. The highest BCUT2D eigenvalue weighted by Gasteiger charge is 2.25. The minimum atomic E-state index is 0.0678. The molecule has 1 aromatic heterocycles. The molecule has 0 spiro atoms. The third kappa shape index (κ3) is 3.18. The van der Waals surface area contributed by atoms with Crippen LogP contribution in [0.25, 0.3) is 0 Å². The molecule has 0 aliphatic heterocycles. The molecule has 2 rings (SSSR count). The first kappa shape index (κ1) is 12.8. The van der Waals surface area contributed by atoms with Gasteiger partial charge in [0, 0.05) is 12.0 Å². The van der Waals surface area contributed by atoms with Gasteiger partial charge in [-0.3, -0.25) is 4.79 Å². The number of hydrogen-bond donors (Lipinski definition) is 2. The summed E-state index contributed by atoms with van der Waals surface area (Å²) in [6, 6.07) is 4.00. The quantitative estimate of drug-likeness (QED) is 0.839. The van der Waals surface area contributed by atoms with Gasteiger partial charge in [0.05, 0.1) is 0 Å². The van der Waals surface area contributed by atoms with Crippen LogP contribution in [-0.4, -0.2) is 22.1 Å². The molecule has 1 aliphatic rings. The van der Waals surface area contributed by atoms with Crippen LogP contribution >= 0.6 is 0 Å². The molecule has 1 heterocycles. The van der Waals surface area contributed by atoms with E-state index < -0.39 is 0 Å². The van der Waals surface area contributed by atoms with Crippen molar-refractivity contribution in [2.75, 3.05) is 10.6 Å². The molecule has 0 bridgehead atoms. The van der Waals surface area contributed by atoms with Crippen LogP contribution in [0.4, 0.5) is 11.6 Å². The lowest BCUT2D eigenvalue weighted by Crippen LogP contribution is -2.28. The van der Waals surface area contributed by atoms with Crippen LogP contribution in [0.2, 0.25) is 0 Å². The number of rotatable bonds is 5. The van der Waals surface area contributed by atoms with Crippen LogP contribution in [0.1, 0.15) is 39.5 Å². The number of carbonyl (C=O) groups is 1. The van der Waals surface area contributed by atoms with Gasteiger partial charge in [-0.15, -0.1) is 10.2 Å². The maximum Gasteiger partial charge on any atom is 0.228 e. The monoisotopic (exact) mass is 248 g/mol. The van der Waals surface area contributed by atoms with Crippen molar-refractivity contribution >= 4 is 17.5 Å². The van der Waals surface area contributed by atoms with E-state index in [4.69, 9.17) is 0 Å². The van der Waals surface area contributed by atoms with E-state index in [1.54, 1.807) is 6.07 Å². The van der Waals surface area contributed by atoms with Gasteiger partial charge in [-0.2, -0.15) is 0 Å². The van der Waals surface area contributed by atoms with Gasteiger partial charge in [-0.1, -0.05) is 13.3 Å². The van der Waals surface area contributed by atoms with Gasteiger partial charge in [-0.05, 0) is 38.3 Å². The Morgan fingerprint density at radius 1 is 1.39 bits per heavy atom. The molecule has 2 N–H and O–H groups in total. The van der Waals surface area contributed by atoms with Crippen molar-refractivity contribution in [3.63, 3.8) is 0 Å². The average Bonchev–Trinajstić information content (AvgIpc) is 2.29. The Labute approximate surface area is 107 Å². The molecular weight excluding hydrogens is 228 g/mol. The van der Waals surface area contributed by atoms with Gasteiger partial charge >= 0.3 is 0 Å². The fourth-order valence-corrected chi connectivity index (χ4v) is 1.73. The van der Waals surface area contributed by atoms with E-state index in [-0.39, 0.29) is 11.8 Å². The van der Waals surface area contributed by atoms with Crippen LogP contribution in [0, 0.1) is 5.92 Å². The molecule has 1 aliphatic carbocycles. The van der Waals surface area contributed by atoms with Gasteiger partial charge in [0.25, 0.3) is 0 Å². The van der Waals surface area contributed by atoms with E-state index in [9.17, 15) is 4.79 Å². The molecule has 1 fully saturated rings. The summed E-state index contributed by atoms with van der Waals surface area (Å²) in [5.74, 6) is 1.51. The maximum atomic E-state index is 11.7. The Bertz CT molecular complexity index is 400. The second kappa shape index (κ2) is 5.80. The molecule has 0 radical (unpaired) electrons. The topological polar surface area (TPSA) is 66.9 Å². The van der Waals surface area contributed by atoms with Crippen molar-refractivity contribution < 1.29 is 4.79 Å². The molecule has 5 heteroatoms. The van der Waals surface area contributed by atoms with Gasteiger partial charge in [-0.25, -0.2) is 0 Å². The number of carbonyl (C=O) groups excluding carboxylic acids is 1. The van der Waals surface area contributed by atoms with E-state index in [1.807, 2.05) is 6.07 Å². The van der Waals surface area contributed by atoms with E-state index in [0.717, 1.165) is 31.5 Å². The van der Waals surface area contributed by atoms with Crippen LogP contribution in [-0.2, 0) is 4.79 Å². The van der Waals surface area contributed by atoms with Gasteiger partial charge in [0.1, 0.15) is 5.82 Å². The Hall–Kier alpha value is -1.65. The first-order valence-corrected chi connectivity index (χ1v) is 6.60. The van der Waals surface area contributed by atoms with Gasteiger partial charge < -0.3 is 10.6 Å². The van der Waals surface area contributed by atoms with Crippen molar-refractivity contribution in [3.8, 4) is 0 Å². The maximum absolute atomic E-state index is 11.7. The first-order valence-electron chi connectivity index (χ1n) is 6.60. The standard InChI is InChI=1S/C13H20N4O/c1-3-9(2)14-11-7-8-12(17-16-11)15-13(18)10-5-4-6-10/h7-10H,3-6H2,1-2H3,(H,14,16)(H,15,17,18). The largest absolute Gasteiger partial charge is 0.366 e. The second-order valence-corrected chi connectivity index (χ2v) is 4.87. The summed E-state index contributed by atoms with van der Waals surface area (Å²) in [7, 11) is 0. The van der Waals surface area contributed by atoms with Crippen molar-refractivity contribution in [3.05, 3.63) is 12.1 Å². The van der Waals surface area contributed by atoms with E-state index in [0.29, 0.717) is 11.9 Å². The zero-order valence-corrected chi connectivity index (χ0v) is 10.9. The molecule has 0 aromatic carbocycles. The predicted molar refractivity (Wildman–Crippen MR) is 71.4 cm³/mol. The Kier molecular flexibility index (Phi) is 4.12. The molecule has 1 aromatic rings. The minimum Gasteiger partial charge on any atom is -0.366 e. The minimum absolute atomic E-state index is 0.0678. The number of aromatic nitrogens is 2. The van der Waals surface area contributed by atoms with Crippen LogP contribution < -0.4 is 10.6 Å². The van der Waals surface area contributed by atoms with Gasteiger partial charge in [0.15, 0.2) is 5.82 Å². The number of nitrogens with zero attached hydrogens (tertiary/aromatic N) is 2. The van der Waals surface area contributed by atoms with Crippen LogP contribution in [0.3, 0.4) is 0 Å². The number of nitrogens with one attached hydrogen (secondary N) is 2. The van der Waals surface area contributed by atoms with Crippen molar-refractivity contribution in [1.82, 2.24) is 10.2 Å². The van der Waals surface area contributed by atoms with Crippen molar-refractivity contribution in [2.24, 2.45) is 5.92 Å². The summed E-state index contributed by atoms with van der Waals surface area (Å²) in [6.07, 6.45) is 4.17. The molecule has 18 heavy (non-hydrogen) atoms. The first-order chi connectivity index (χ1) is 8.69. The lowest BCUT2D eigenvalue weighted by molar-refractivity contribution is -0.122. The highest BCUT2D eigenvalue weighted by atomic mass is 16.2. The lowest BCUT2D eigenvalue weighted by Gasteiger charge is -2.23. The summed E-state index contributed by atoms with van der Waals surface area (Å²) in [5, 5.41) is 14.1. The molecular formula is C13H20N4O. The summed E-state index contributed by atoms with van der Waals surface area (Å²) >= 11 is 0. The number of amides is 1. The Morgan fingerprint density at radius 2 is 2.06 bits per heavy atom. The third-order valence-corrected chi connectivity index (χ3v) is 3.40. The third-order valence-electron chi connectivity index (χ3n) is 3.40. The van der Waals surface area contributed by atoms with E-state index >= 15 is 0 Å². The highest BCUT2D eigenvalue weighted by Crippen LogP contribution is 2.27. The Morgan fingerprint density at radius 3 is 2.56 bits per heavy atom. The van der Waals surface area contributed by atoms with Gasteiger partial charge in [0.2, 0.25) is 5.91 Å². The number of hydrogen-bond acceptors (Lipinski definition) is 4. The van der Waals surface area contributed by atoms with Crippen molar-refractivity contribution in [2.45, 2.75) is 45.6 Å². The van der Waals surface area contributed by atoms with Crippen molar-refractivity contribution in [1.29, 1.82) is 0 Å². The zero-order chi connectivity index (χ0) is 13.0. The lowest BCUT2D eigenvalue weighted by atomic mass is 9.85. The van der Waals surface area contributed by atoms with Crippen LogP contribution in [0.5, 0.6) is 0 Å². The average molecular weight is 248 g/mol. The number of anilines is 2. The zero-order valence-electron chi connectivity index (χ0n) is 10.9. The molecule has 1 atom stereocenters. The van der Waals surface area contributed by atoms with Crippen LogP contribution in [0.15, 0.2) is 12.1 Å². The fourth-order valence-electron chi connectivity index (χ4n) is 1.73. The normalized spacial score (nSPS) is 16.8. The SMILES string of the molecule is CCC(C)Nc1ccc(NC(=O)C2CCC2)nn1. The summed E-state index contributed by atoms with van der Waals surface area (Å²) in [4.78, 5) is 11.7. The highest BCUT2D eigenvalue weighted by molar-refractivity contribution is 5.92. The molecule has 5 nitrogen and oxygen atoms in total. The molecule has 0 saturated heterocycles. The Balaban J connectivity index is 1.88. The summed E-state index contributed by atoms with van der Waals surface area (Å²) in [6.45, 7) is 4.20. The summed E-state index contributed by atoms with van der Waals surface area (Å²) in [5.41, 5.74) is 0. The molecule has 1 unspecified atom stereocenters. The predicted octanol–water partition coefficient (Wildman–Crippen LogP) is 2.43. The molecule has 1 saturated carbocycles. The van der Waals surface area contributed by atoms with E-state index in [1.165, 1.54) is 0 Å². The summed E-state index contributed by atoms with van der Waals surface area (Å²) < 4.78 is 0. The smallest absolute Gasteiger partial charge is 0.228 e. The van der Waals surface area contributed by atoms with E-state index in [2.05, 4.69) is 34.7 Å². The molecule has 1 amide bonds. The fraction of sp³-hybridized carbons (Fsp3) is 0.615. The second-order valence-electron chi connectivity index (χ2n) is 4.87.